The lowest BCUT2D eigenvalue weighted by molar-refractivity contribution is -0.678. The first-order chi connectivity index (χ1) is 18.0. The second kappa shape index (κ2) is 11.7. The Bertz CT molecular complexity index is 1630. The number of carbonyl (C=O) groups is 1. The largest absolute Gasteiger partial charge is 0.367 e. The van der Waals surface area contributed by atoms with E-state index in [1.807, 2.05) is 82.3 Å². The third-order valence-corrected chi connectivity index (χ3v) is 9.05. The molecule has 4 N–H and O–H groups in total. The van der Waals surface area contributed by atoms with Crippen LogP contribution in [0.1, 0.15) is 15.9 Å². The smallest absolute Gasteiger partial charge is 0.244 e. The third-order valence-electron chi connectivity index (χ3n) is 5.49. The van der Waals surface area contributed by atoms with Crippen LogP contribution in [0, 0.1) is 0 Å². The van der Waals surface area contributed by atoms with Gasteiger partial charge in [0.2, 0.25) is 37.9 Å². The highest BCUT2D eigenvalue weighted by Gasteiger charge is 2.31. The minimum absolute atomic E-state index is 0.140. The number of primary sulfonamides is 1. The topological polar surface area (TPSA) is 139 Å². The Morgan fingerprint density at radius 2 is 1.71 bits per heavy atom. The summed E-state index contributed by atoms with van der Waals surface area (Å²) in [4.78, 5) is 11.1. The number of Topliss-reactive ketones (excluding diaryl/α,β-unsaturated/α-hetero) is 1. The number of halogens is 1. The Kier molecular flexibility index (Phi) is 8.61. The third kappa shape index (κ3) is 7.04. The molecule has 0 fully saturated rings. The fourth-order valence-electron chi connectivity index (χ4n) is 3.73. The van der Waals surface area contributed by atoms with Crippen molar-refractivity contribution in [2.45, 2.75) is 28.9 Å². The summed E-state index contributed by atoms with van der Waals surface area (Å²) in [5, 5.41) is 9.89. The van der Waals surface area contributed by atoms with Crippen molar-refractivity contribution >= 4 is 54.5 Å². The average Bonchev–Trinajstić information content (AvgIpc) is 3.37. The van der Waals surface area contributed by atoms with Crippen molar-refractivity contribution in [1.29, 1.82) is 0 Å². The van der Waals surface area contributed by atoms with Gasteiger partial charge in [-0.25, -0.2) is 22.0 Å². The lowest BCUT2D eigenvalue weighted by Crippen LogP contribution is -2.46. The molecule has 0 amide bonds. The maximum atomic E-state index is 12.4. The lowest BCUT2D eigenvalue weighted by Gasteiger charge is -2.28. The van der Waals surface area contributed by atoms with Crippen molar-refractivity contribution in [3.63, 3.8) is 0 Å². The molecule has 0 bridgehead atoms. The van der Waals surface area contributed by atoms with Gasteiger partial charge in [0.1, 0.15) is 9.79 Å². The minimum Gasteiger partial charge on any atom is -0.367 e. The van der Waals surface area contributed by atoms with Crippen molar-refractivity contribution in [2.24, 2.45) is 5.14 Å². The van der Waals surface area contributed by atoms with E-state index in [4.69, 9.17) is 16.7 Å². The van der Waals surface area contributed by atoms with Crippen LogP contribution in [0.3, 0.4) is 0 Å². The van der Waals surface area contributed by atoms with E-state index in [1.165, 1.54) is 6.07 Å². The Morgan fingerprint density at radius 3 is 2.32 bits per heavy atom. The molecule has 1 aliphatic rings. The monoisotopic (exact) mass is 591 g/mol. The number of nitrogens with one attached hydrogen (secondary N) is 2. The number of carbonyl (C=O) groups excluding carboxylic acids is 1. The summed E-state index contributed by atoms with van der Waals surface area (Å²) in [7, 11) is -8.03. The van der Waals surface area contributed by atoms with Gasteiger partial charge in [0.15, 0.2) is 6.20 Å². The molecule has 38 heavy (non-hydrogen) atoms. The second-order valence-corrected chi connectivity index (χ2v) is 12.7. The van der Waals surface area contributed by atoms with Gasteiger partial charge in [0.05, 0.1) is 22.3 Å². The molecule has 2 heterocycles. The molecular weight excluding hydrogens is 568 g/mol. The summed E-state index contributed by atoms with van der Waals surface area (Å²) < 4.78 is 52.3. The Hall–Kier alpha value is -3.13. The number of nitrogens with zero attached hydrogens (tertiary/aromatic N) is 1. The van der Waals surface area contributed by atoms with Gasteiger partial charge in [-0.15, -0.1) is 0 Å². The number of ketones is 1. The predicted molar refractivity (Wildman–Crippen MR) is 146 cm³/mol. The van der Waals surface area contributed by atoms with Crippen molar-refractivity contribution in [3.05, 3.63) is 106 Å². The summed E-state index contributed by atoms with van der Waals surface area (Å²) in [6, 6.07) is 20.9. The zero-order chi connectivity index (χ0) is 27.3. The van der Waals surface area contributed by atoms with Gasteiger partial charge in [-0.3, -0.25) is 4.79 Å². The minimum atomic E-state index is -4.13. The molecule has 1 atom stereocenters. The number of aromatic nitrogens is 1. The number of rotatable bonds is 6. The Morgan fingerprint density at radius 1 is 1.05 bits per heavy atom. The van der Waals surface area contributed by atoms with Gasteiger partial charge in [0.25, 0.3) is 0 Å². The Labute approximate surface area is 230 Å². The van der Waals surface area contributed by atoms with Crippen molar-refractivity contribution in [3.8, 4) is 0 Å². The molecule has 9 nitrogen and oxygen atoms in total. The van der Waals surface area contributed by atoms with Crippen LogP contribution in [0.4, 0.5) is 5.69 Å². The number of benzene rings is 3. The van der Waals surface area contributed by atoms with Crippen molar-refractivity contribution in [2.75, 3.05) is 5.32 Å². The first kappa shape index (κ1) is 27.9. The van der Waals surface area contributed by atoms with Crippen molar-refractivity contribution < 1.29 is 26.2 Å². The summed E-state index contributed by atoms with van der Waals surface area (Å²) in [5.74, 6) is 0.147. The molecule has 1 unspecified atom stereocenters. The Balaban J connectivity index is 0.000000204. The first-order valence-corrected chi connectivity index (χ1v) is 15.6. The summed E-state index contributed by atoms with van der Waals surface area (Å²) in [6.07, 6.45) is 1.74. The molecule has 0 saturated carbocycles. The number of sulfonamides is 2. The fraction of sp³-hybridized carbons (Fsp3) is 0.120. The fourth-order valence-corrected chi connectivity index (χ4v) is 6.83. The van der Waals surface area contributed by atoms with E-state index in [9.17, 15) is 21.6 Å². The highest BCUT2D eigenvalue weighted by Crippen LogP contribution is 2.34. The summed E-state index contributed by atoms with van der Waals surface area (Å²) in [6.45, 7) is 0.424. The van der Waals surface area contributed by atoms with Crippen LogP contribution < -0.4 is 19.7 Å². The standard InChI is InChI=1S/C14H14ClN3O4S2.C11H10NOS/c15-10-7-11-13(8-12(10)23(16,19)20)24(21,22)18-14(17-11)6-9-4-2-1-3-5-9;13-11(8-12-6-7-14-9-12)10-4-2-1-3-5-10/h1-5,7-8,14,17-18H,6H2,(H2,16,19,20);1-7,9H,8H2/q;+1. The molecule has 0 aliphatic carbocycles. The molecule has 5 rings (SSSR count). The highest BCUT2D eigenvalue weighted by atomic mass is 35.5. The molecule has 4 aromatic rings. The molecule has 3 aromatic carbocycles. The maximum absolute atomic E-state index is 12.4. The van der Waals surface area contributed by atoms with Crippen LogP contribution in [0.5, 0.6) is 0 Å². The van der Waals surface area contributed by atoms with E-state index < -0.39 is 31.1 Å². The first-order valence-electron chi connectivity index (χ1n) is 11.2. The van der Waals surface area contributed by atoms with Crippen LogP contribution >= 0.6 is 22.9 Å². The summed E-state index contributed by atoms with van der Waals surface area (Å²) >= 11 is 7.52. The van der Waals surface area contributed by atoms with Gasteiger partial charge >= 0.3 is 0 Å². The molecule has 0 radical (unpaired) electrons. The number of fused-ring (bicyclic) bond motifs is 1. The normalized spacial score (nSPS) is 15.9. The molecule has 1 aliphatic heterocycles. The number of hydrogen-bond acceptors (Lipinski definition) is 7. The number of nitrogens with two attached hydrogens (primary N) is 1. The van der Waals surface area contributed by atoms with E-state index in [-0.39, 0.29) is 21.4 Å². The van der Waals surface area contributed by atoms with E-state index in [0.29, 0.717) is 13.0 Å². The summed E-state index contributed by atoms with van der Waals surface area (Å²) in [5.41, 5.74) is 3.87. The second-order valence-electron chi connectivity index (χ2n) is 8.32. The van der Waals surface area contributed by atoms with E-state index >= 15 is 0 Å². The molecule has 13 heteroatoms. The highest BCUT2D eigenvalue weighted by molar-refractivity contribution is 7.90. The van der Waals surface area contributed by atoms with Gasteiger partial charge in [-0.2, -0.15) is 9.29 Å². The van der Waals surface area contributed by atoms with Gasteiger partial charge in [0, 0.05) is 12.0 Å². The quantitative estimate of drug-likeness (QED) is 0.232. The van der Waals surface area contributed by atoms with E-state index in [0.717, 1.165) is 17.2 Å². The lowest BCUT2D eigenvalue weighted by atomic mass is 10.1. The average molecular weight is 592 g/mol. The molecular formula is C25H24ClN4O5S3+. The predicted octanol–water partition coefficient (Wildman–Crippen LogP) is 3.18. The molecule has 1 aromatic heterocycles. The molecule has 0 spiro atoms. The zero-order valence-corrected chi connectivity index (χ0v) is 23.0. The molecule has 198 valence electrons. The van der Waals surface area contributed by atoms with Gasteiger partial charge in [-0.05, 0) is 17.7 Å². The zero-order valence-electron chi connectivity index (χ0n) is 19.8. The number of anilines is 1. The van der Waals surface area contributed by atoms with Crippen LogP contribution in [0.15, 0.2) is 99.7 Å². The maximum Gasteiger partial charge on any atom is 0.244 e. The van der Waals surface area contributed by atoms with Crippen LogP contribution in [0.2, 0.25) is 5.02 Å². The van der Waals surface area contributed by atoms with Gasteiger partial charge < -0.3 is 5.32 Å². The van der Waals surface area contributed by atoms with Crippen LogP contribution in [-0.2, 0) is 33.0 Å². The molecule has 0 saturated heterocycles. The number of hydrogen-bond donors (Lipinski definition) is 3. The SMILES string of the molecule is NS(=O)(=O)c1cc2c(cc1Cl)NC(Cc1ccccc1)NS2(=O)=O.O=C(C[n+]1ccsc1)c1ccccc1. The van der Waals surface area contributed by atoms with Gasteiger partial charge in [-0.1, -0.05) is 83.6 Å². The van der Waals surface area contributed by atoms with Crippen molar-refractivity contribution in [1.82, 2.24) is 4.72 Å². The van der Waals surface area contributed by atoms with Crippen LogP contribution in [0.25, 0.3) is 0 Å². The van der Waals surface area contributed by atoms with Crippen LogP contribution in [-0.4, -0.2) is 28.8 Å². The number of thiazole rings is 1. The van der Waals surface area contributed by atoms with E-state index in [1.54, 1.807) is 11.3 Å². The van der Waals surface area contributed by atoms with E-state index in [2.05, 4.69) is 10.0 Å².